The lowest BCUT2D eigenvalue weighted by Crippen LogP contribution is -2.48. The molecule has 206 valence electrons. The van der Waals surface area contributed by atoms with Crippen LogP contribution in [0.2, 0.25) is 0 Å². The molecule has 0 aromatic heterocycles. The number of nitrogens with one attached hydrogen (secondary N) is 3. The summed E-state index contributed by atoms with van der Waals surface area (Å²) in [7, 11) is -2.32. The molecule has 10 nitrogen and oxygen atoms in total. The second kappa shape index (κ2) is 13.5. The number of ether oxygens (including phenoxy) is 2. The molecule has 0 aliphatic rings. The summed E-state index contributed by atoms with van der Waals surface area (Å²) in [5.41, 5.74) is 4.60. The number of hydrogen-bond donors (Lipinski definition) is 3. The topological polar surface area (TPSA) is 135 Å². The third kappa shape index (κ3) is 8.94. The van der Waals surface area contributed by atoms with Gasteiger partial charge in [-0.1, -0.05) is 31.5 Å². The molecule has 3 N–H and O–H groups in total. The van der Waals surface area contributed by atoms with Gasteiger partial charge in [0.2, 0.25) is 10.0 Å². The Morgan fingerprint density at radius 1 is 0.923 bits per heavy atom. The number of anilines is 1. The number of nitrogens with zero attached hydrogens (tertiary/aromatic N) is 1. The van der Waals surface area contributed by atoms with Crippen LogP contribution < -0.4 is 24.9 Å². The van der Waals surface area contributed by atoms with Gasteiger partial charge in [0.15, 0.2) is 6.61 Å². The third-order valence-electron chi connectivity index (χ3n) is 5.57. The fourth-order valence-corrected chi connectivity index (χ4v) is 4.70. The maximum Gasteiger partial charge on any atom is 0.262 e. The highest BCUT2D eigenvalue weighted by Gasteiger charge is 2.28. The van der Waals surface area contributed by atoms with E-state index in [1.807, 2.05) is 6.92 Å². The number of carbonyl (C=O) groups is 2. The molecule has 11 heteroatoms. The van der Waals surface area contributed by atoms with Crippen molar-refractivity contribution in [3.8, 4) is 11.5 Å². The van der Waals surface area contributed by atoms with Gasteiger partial charge in [0.25, 0.3) is 11.8 Å². The van der Waals surface area contributed by atoms with Crippen LogP contribution >= 0.6 is 0 Å². The summed E-state index contributed by atoms with van der Waals surface area (Å²) in [6.45, 7) is 5.16. The van der Waals surface area contributed by atoms with Gasteiger partial charge in [-0.15, -0.1) is 0 Å². The number of hydrazone groups is 1. The van der Waals surface area contributed by atoms with Crippen LogP contribution in [-0.4, -0.2) is 46.2 Å². The molecular formula is C28H32N4O6S. The number of aryl methyl sites for hydroxylation is 1. The zero-order chi connectivity index (χ0) is 28.4. The van der Waals surface area contributed by atoms with E-state index in [2.05, 4.69) is 20.6 Å². The van der Waals surface area contributed by atoms with Crippen molar-refractivity contribution in [3.63, 3.8) is 0 Å². The molecule has 0 heterocycles. The molecule has 0 saturated carbocycles. The van der Waals surface area contributed by atoms with Crippen LogP contribution in [-0.2, 0) is 19.6 Å². The number of sulfonamides is 1. The summed E-state index contributed by atoms with van der Waals surface area (Å²) in [5.74, 6) is -0.0499. The molecular weight excluding hydrogens is 520 g/mol. The summed E-state index contributed by atoms with van der Waals surface area (Å²) < 4.78 is 38.5. The molecule has 0 spiro atoms. The van der Waals surface area contributed by atoms with Gasteiger partial charge in [-0.3, -0.25) is 9.59 Å². The molecule has 39 heavy (non-hydrogen) atoms. The third-order valence-corrected chi connectivity index (χ3v) is 7.03. The van der Waals surface area contributed by atoms with Crippen molar-refractivity contribution < 1.29 is 27.5 Å². The molecule has 3 aromatic carbocycles. The summed E-state index contributed by atoms with van der Waals surface area (Å²) in [5, 5.41) is 6.68. The minimum atomic E-state index is -3.89. The molecule has 0 bridgehead atoms. The van der Waals surface area contributed by atoms with Gasteiger partial charge < -0.3 is 14.8 Å². The van der Waals surface area contributed by atoms with E-state index < -0.39 is 22.0 Å². The van der Waals surface area contributed by atoms with Crippen molar-refractivity contribution in [2.45, 2.75) is 31.7 Å². The van der Waals surface area contributed by atoms with E-state index in [-0.39, 0.29) is 23.3 Å². The number of amides is 2. The van der Waals surface area contributed by atoms with Crippen molar-refractivity contribution in [2.24, 2.45) is 11.0 Å². The largest absolute Gasteiger partial charge is 0.497 e. The van der Waals surface area contributed by atoms with E-state index >= 15 is 0 Å². The smallest absolute Gasteiger partial charge is 0.262 e. The lowest BCUT2D eigenvalue weighted by Gasteiger charge is -2.20. The lowest BCUT2D eigenvalue weighted by molar-refractivity contribution is -0.123. The van der Waals surface area contributed by atoms with Gasteiger partial charge in [0, 0.05) is 5.69 Å². The van der Waals surface area contributed by atoms with Gasteiger partial charge in [0.1, 0.15) is 17.5 Å². The predicted octanol–water partition coefficient (Wildman–Crippen LogP) is 3.47. The molecule has 0 fully saturated rings. The molecule has 0 radical (unpaired) electrons. The van der Waals surface area contributed by atoms with Crippen LogP contribution in [0.3, 0.4) is 0 Å². The van der Waals surface area contributed by atoms with Gasteiger partial charge in [-0.05, 0) is 79.1 Å². The zero-order valence-corrected chi connectivity index (χ0v) is 23.0. The maximum absolute atomic E-state index is 12.7. The standard InChI is InChI=1S/C28H32N4O6S/c1-19(2)27(32-39(35,36)25-15-5-20(3)6-16-25)28(34)31-29-17-21-7-11-24(12-8-21)38-18-26(33)30-22-9-13-23(37-4)14-10-22/h5-17,19,27,32H,18H2,1-4H3,(H,30,33)(H,31,34)/b29-17-/t27-/m1/s1. The molecule has 3 aromatic rings. The van der Waals surface area contributed by atoms with Crippen LogP contribution in [0.4, 0.5) is 5.69 Å². The molecule has 0 saturated heterocycles. The van der Waals surface area contributed by atoms with E-state index in [1.54, 1.807) is 81.6 Å². The van der Waals surface area contributed by atoms with Crippen molar-refractivity contribution in [1.29, 1.82) is 0 Å². The van der Waals surface area contributed by atoms with Crippen LogP contribution in [0.25, 0.3) is 0 Å². The van der Waals surface area contributed by atoms with E-state index in [0.29, 0.717) is 22.7 Å². The molecule has 0 unspecified atom stereocenters. The van der Waals surface area contributed by atoms with E-state index in [9.17, 15) is 18.0 Å². The first-order chi connectivity index (χ1) is 18.6. The lowest BCUT2D eigenvalue weighted by atomic mass is 10.1. The fraction of sp³-hybridized carbons (Fsp3) is 0.250. The predicted molar refractivity (Wildman–Crippen MR) is 149 cm³/mol. The average molecular weight is 553 g/mol. The maximum atomic E-state index is 12.7. The quantitative estimate of drug-likeness (QED) is 0.233. The Labute approximate surface area is 228 Å². The van der Waals surface area contributed by atoms with Gasteiger partial charge >= 0.3 is 0 Å². The molecule has 3 rings (SSSR count). The van der Waals surface area contributed by atoms with Crippen LogP contribution in [0.15, 0.2) is 82.8 Å². The number of hydrogen-bond acceptors (Lipinski definition) is 7. The monoisotopic (exact) mass is 552 g/mol. The van der Waals surface area contributed by atoms with E-state index in [0.717, 1.165) is 5.56 Å². The number of methoxy groups -OCH3 is 1. The van der Waals surface area contributed by atoms with Crippen molar-refractivity contribution in [3.05, 3.63) is 83.9 Å². The Bertz CT molecular complexity index is 1390. The second-order valence-electron chi connectivity index (χ2n) is 9.02. The SMILES string of the molecule is COc1ccc(NC(=O)COc2ccc(/C=N\NC(=O)[C@H](NS(=O)(=O)c3ccc(C)cc3)C(C)C)cc2)cc1. The Morgan fingerprint density at radius 2 is 1.54 bits per heavy atom. The highest BCUT2D eigenvalue weighted by molar-refractivity contribution is 7.89. The molecule has 0 aliphatic heterocycles. The number of rotatable bonds is 12. The summed E-state index contributed by atoms with van der Waals surface area (Å²) in [6, 6.07) is 19.0. The summed E-state index contributed by atoms with van der Waals surface area (Å²) in [6.07, 6.45) is 1.42. The first-order valence-electron chi connectivity index (χ1n) is 12.2. The highest BCUT2D eigenvalue weighted by Crippen LogP contribution is 2.16. The molecule has 1 atom stereocenters. The van der Waals surface area contributed by atoms with Crippen LogP contribution in [0.5, 0.6) is 11.5 Å². The van der Waals surface area contributed by atoms with Crippen molar-refractivity contribution in [1.82, 2.24) is 10.1 Å². The highest BCUT2D eigenvalue weighted by atomic mass is 32.2. The average Bonchev–Trinajstić information content (AvgIpc) is 2.92. The molecule has 0 aliphatic carbocycles. The first kappa shape index (κ1) is 29.3. The van der Waals surface area contributed by atoms with Crippen molar-refractivity contribution in [2.75, 3.05) is 19.0 Å². The Hall–Kier alpha value is -4.22. The zero-order valence-electron chi connectivity index (χ0n) is 22.2. The fourth-order valence-electron chi connectivity index (χ4n) is 3.36. The normalized spacial score (nSPS) is 12.2. The van der Waals surface area contributed by atoms with Crippen molar-refractivity contribution >= 4 is 33.7 Å². The van der Waals surface area contributed by atoms with Gasteiger partial charge in [-0.25, -0.2) is 13.8 Å². The number of carbonyl (C=O) groups excluding carboxylic acids is 2. The van der Waals surface area contributed by atoms with E-state index in [4.69, 9.17) is 9.47 Å². The summed E-state index contributed by atoms with van der Waals surface area (Å²) in [4.78, 5) is 24.9. The van der Waals surface area contributed by atoms with Crippen LogP contribution in [0.1, 0.15) is 25.0 Å². The Morgan fingerprint density at radius 3 is 2.13 bits per heavy atom. The van der Waals surface area contributed by atoms with Crippen LogP contribution in [0, 0.1) is 12.8 Å². The van der Waals surface area contributed by atoms with E-state index in [1.165, 1.54) is 18.3 Å². The first-order valence-corrected chi connectivity index (χ1v) is 13.6. The Kier molecular flexibility index (Phi) is 10.2. The second-order valence-corrected chi connectivity index (χ2v) is 10.7. The summed E-state index contributed by atoms with van der Waals surface area (Å²) >= 11 is 0. The number of benzene rings is 3. The Balaban J connectivity index is 1.50. The van der Waals surface area contributed by atoms with Gasteiger partial charge in [0.05, 0.1) is 18.2 Å². The minimum Gasteiger partial charge on any atom is -0.497 e. The van der Waals surface area contributed by atoms with Gasteiger partial charge in [-0.2, -0.15) is 9.82 Å². The minimum absolute atomic E-state index is 0.0792. The molecule has 2 amide bonds.